The van der Waals surface area contributed by atoms with E-state index < -0.39 is 5.97 Å². The van der Waals surface area contributed by atoms with E-state index in [2.05, 4.69) is 5.32 Å². The third kappa shape index (κ3) is 2.56. The van der Waals surface area contributed by atoms with Crippen LogP contribution in [0.5, 0.6) is 0 Å². The molecule has 0 saturated heterocycles. The van der Waals surface area contributed by atoms with Crippen LogP contribution in [0.3, 0.4) is 0 Å². The number of hydrogen-bond acceptors (Lipinski definition) is 3. The number of aryl methyl sites for hydroxylation is 3. The number of hydrogen-bond donors (Lipinski definition) is 2. The van der Waals surface area contributed by atoms with Crippen LogP contribution in [-0.2, 0) is 12.8 Å². The molecular formula is C16H15NO3S. The Morgan fingerprint density at radius 3 is 2.76 bits per heavy atom. The standard InChI is InChI=1S/C16H15NO3S/c1-9-8-21-14(16(19)20)13(9)17-15(18)12-6-5-10-3-2-4-11(10)7-12/h5-8H,2-4H2,1H3,(H,17,18)(H,19,20). The quantitative estimate of drug-likeness (QED) is 0.912. The summed E-state index contributed by atoms with van der Waals surface area (Å²) in [4.78, 5) is 23.7. The Labute approximate surface area is 126 Å². The predicted octanol–water partition coefficient (Wildman–Crippen LogP) is 3.50. The van der Waals surface area contributed by atoms with Crippen molar-refractivity contribution >= 4 is 28.9 Å². The van der Waals surface area contributed by atoms with Gasteiger partial charge in [-0.2, -0.15) is 0 Å². The molecule has 0 unspecified atom stereocenters. The lowest BCUT2D eigenvalue weighted by molar-refractivity contribution is 0.0703. The first-order valence-electron chi connectivity index (χ1n) is 6.81. The highest BCUT2D eigenvalue weighted by Crippen LogP contribution is 2.29. The van der Waals surface area contributed by atoms with E-state index in [9.17, 15) is 9.59 Å². The number of carboxylic acids is 1. The number of aromatic carboxylic acids is 1. The Morgan fingerprint density at radius 1 is 1.24 bits per heavy atom. The largest absolute Gasteiger partial charge is 0.477 e. The van der Waals surface area contributed by atoms with E-state index in [1.807, 2.05) is 18.2 Å². The minimum absolute atomic E-state index is 0.169. The van der Waals surface area contributed by atoms with Gasteiger partial charge in [-0.15, -0.1) is 11.3 Å². The average Bonchev–Trinajstić information content (AvgIpc) is 3.05. The normalized spacial score (nSPS) is 13.0. The fourth-order valence-electron chi connectivity index (χ4n) is 2.66. The van der Waals surface area contributed by atoms with Crippen LogP contribution >= 0.6 is 11.3 Å². The van der Waals surface area contributed by atoms with Crippen molar-refractivity contribution in [1.29, 1.82) is 0 Å². The highest BCUT2D eigenvalue weighted by molar-refractivity contribution is 7.12. The summed E-state index contributed by atoms with van der Waals surface area (Å²) < 4.78 is 0. The van der Waals surface area contributed by atoms with Gasteiger partial charge in [0.15, 0.2) is 0 Å². The second-order valence-electron chi connectivity index (χ2n) is 5.22. The van der Waals surface area contributed by atoms with Crippen molar-refractivity contribution in [2.45, 2.75) is 26.2 Å². The van der Waals surface area contributed by atoms with E-state index >= 15 is 0 Å². The van der Waals surface area contributed by atoms with Crippen LogP contribution < -0.4 is 5.32 Å². The second kappa shape index (κ2) is 5.33. The SMILES string of the molecule is Cc1csc(C(=O)O)c1NC(=O)c1ccc2c(c1)CCC2. The van der Waals surface area contributed by atoms with E-state index in [0.717, 1.165) is 36.2 Å². The molecule has 2 N–H and O–H groups in total. The number of nitrogens with one attached hydrogen (secondary N) is 1. The number of anilines is 1. The second-order valence-corrected chi connectivity index (χ2v) is 6.10. The zero-order valence-corrected chi connectivity index (χ0v) is 12.4. The van der Waals surface area contributed by atoms with Gasteiger partial charge in [-0.05, 0) is 60.4 Å². The molecule has 0 fully saturated rings. The van der Waals surface area contributed by atoms with Gasteiger partial charge in [0.2, 0.25) is 0 Å². The van der Waals surface area contributed by atoms with Gasteiger partial charge >= 0.3 is 5.97 Å². The molecule has 0 aliphatic heterocycles. The van der Waals surface area contributed by atoms with Gasteiger partial charge in [0.1, 0.15) is 4.88 Å². The van der Waals surface area contributed by atoms with Crippen molar-refractivity contribution in [3.63, 3.8) is 0 Å². The molecule has 2 aromatic rings. The van der Waals surface area contributed by atoms with Gasteiger partial charge in [-0.3, -0.25) is 4.79 Å². The first-order chi connectivity index (χ1) is 10.1. The van der Waals surface area contributed by atoms with Crippen LogP contribution in [0.2, 0.25) is 0 Å². The molecule has 3 rings (SSSR count). The summed E-state index contributed by atoms with van der Waals surface area (Å²) in [6.07, 6.45) is 3.21. The minimum Gasteiger partial charge on any atom is -0.477 e. The molecule has 5 heteroatoms. The molecule has 4 nitrogen and oxygen atoms in total. The van der Waals surface area contributed by atoms with Crippen molar-refractivity contribution in [3.8, 4) is 0 Å². The fourth-order valence-corrected chi connectivity index (χ4v) is 3.50. The molecule has 108 valence electrons. The number of thiophene rings is 1. The molecule has 0 spiro atoms. The monoisotopic (exact) mass is 301 g/mol. The summed E-state index contributed by atoms with van der Waals surface area (Å²) in [5.74, 6) is -1.27. The number of amides is 1. The van der Waals surface area contributed by atoms with Crippen LogP contribution in [-0.4, -0.2) is 17.0 Å². The van der Waals surface area contributed by atoms with Crippen molar-refractivity contribution in [2.75, 3.05) is 5.32 Å². The summed E-state index contributed by atoms with van der Waals surface area (Å²) in [7, 11) is 0. The maximum absolute atomic E-state index is 12.3. The summed E-state index contributed by atoms with van der Waals surface area (Å²) in [5, 5.41) is 13.6. The fraction of sp³-hybridized carbons (Fsp3) is 0.250. The molecule has 0 atom stereocenters. The van der Waals surface area contributed by atoms with Gasteiger partial charge in [-0.25, -0.2) is 4.79 Å². The molecule has 21 heavy (non-hydrogen) atoms. The van der Waals surface area contributed by atoms with Gasteiger partial charge in [0.05, 0.1) is 5.69 Å². The molecule has 1 amide bonds. The zero-order valence-electron chi connectivity index (χ0n) is 11.6. The van der Waals surface area contributed by atoms with Crippen LogP contribution in [0.4, 0.5) is 5.69 Å². The molecule has 0 bridgehead atoms. The highest BCUT2D eigenvalue weighted by atomic mass is 32.1. The number of carboxylic acid groups (broad SMARTS) is 1. The molecule has 1 aliphatic rings. The van der Waals surface area contributed by atoms with E-state index in [0.29, 0.717) is 11.3 Å². The Balaban J connectivity index is 1.87. The van der Waals surface area contributed by atoms with Crippen molar-refractivity contribution < 1.29 is 14.7 Å². The summed E-state index contributed by atoms with van der Waals surface area (Å²) in [5.41, 5.74) is 4.29. The molecule has 1 aromatic heterocycles. The van der Waals surface area contributed by atoms with Crippen molar-refractivity contribution in [2.24, 2.45) is 0 Å². The van der Waals surface area contributed by atoms with Crippen LogP contribution in [0, 0.1) is 6.92 Å². The summed E-state index contributed by atoms with van der Waals surface area (Å²) >= 11 is 1.13. The van der Waals surface area contributed by atoms with Gasteiger partial charge in [0.25, 0.3) is 5.91 Å². The molecular weight excluding hydrogens is 286 g/mol. The number of rotatable bonds is 3. The summed E-state index contributed by atoms with van der Waals surface area (Å²) in [6.45, 7) is 1.79. The third-order valence-electron chi connectivity index (χ3n) is 3.77. The smallest absolute Gasteiger partial charge is 0.348 e. The topological polar surface area (TPSA) is 66.4 Å². The highest BCUT2D eigenvalue weighted by Gasteiger charge is 2.19. The van der Waals surface area contributed by atoms with Crippen LogP contribution in [0.25, 0.3) is 0 Å². The van der Waals surface area contributed by atoms with Crippen molar-refractivity contribution in [3.05, 3.63) is 50.7 Å². The minimum atomic E-state index is -1.02. The summed E-state index contributed by atoms with van der Waals surface area (Å²) in [6, 6.07) is 5.72. The Kier molecular flexibility index (Phi) is 3.51. The lowest BCUT2D eigenvalue weighted by atomic mass is 10.1. The lowest BCUT2D eigenvalue weighted by Crippen LogP contribution is -2.14. The van der Waals surface area contributed by atoms with E-state index in [4.69, 9.17) is 5.11 Å². The van der Waals surface area contributed by atoms with Gasteiger partial charge in [0, 0.05) is 5.56 Å². The van der Waals surface area contributed by atoms with E-state index in [1.54, 1.807) is 12.3 Å². The molecule has 1 aromatic carbocycles. The number of fused-ring (bicyclic) bond motifs is 1. The average molecular weight is 301 g/mol. The molecule has 1 aliphatic carbocycles. The van der Waals surface area contributed by atoms with Crippen molar-refractivity contribution in [1.82, 2.24) is 0 Å². The predicted molar refractivity (Wildman–Crippen MR) is 82.4 cm³/mol. The van der Waals surface area contributed by atoms with Crippen LogP contribution in [0.1, 0.15) is 43.1 Å². The third-order valence-corrected chi connectivity index (χ3v) is 4.85. The lowest BCUT2D eigenvalue weighted by Gasteiger charge is -2.08. The zero-order chi connectivity index (χ0) is 15.0. The Bertz CT molecular complexity index is 733. The number of benzene rings is 1. The molecule has 0 saturated carbocycles. The number of carbonyl (C=O) groups is 2. The maximum Gasteiger partial charge on any atom is 0.348 e. The molecule has 1 heterocycles. The Morgan fingerprint density at radius 2 is 2.00 bits per heavy atom. The van der Waals surface area contributed by atoms with Gasteiger partial charge < -0.3 is 10.4 Å². The van der Waals surface area contributed by atoms with E-state index in [1.165, 1.54) is 11.1 Å². The van der Waals surface area contributed by atoms with E-state index in [-0.39, 0.29) is 10.8 Å². The van der Waals surface area contributed by atoms with Gasteiger partial charge in [-0.1, -0.05) is 6.07 Å². The maximum atomic E-state index is 12.3. The van der Waals surface area contributed by atoms with Crippen LogP contribution in [0.15, 0.2) is 23.6 Å². The number of carbonyl (C=O) groups excluding carboxylic acids is 1. The molecule has 0 radical (unpaired) electrons. The first-order valence-corrected chi connectivity index (χ1v) is 7.69. The first kappa shape index (κ1) is 13.8. The Hall–Kier alpha value is -2.14.